The van der Waals surface area contributed by atoms with E-state index in [9.17, 15) is 35.9 Å². The number of amides is 2. The van der Waals surface area contributed by atoms with Crippen molar-refractivity contribution in [1.29, 1.82) is 0 Å². The molecular weight excluding hydrogens is 622 g/mol. The highest BCUT2D eigenvalue weighted by Gasteiger charge is 2.49. The SMILES string of the molecule is COc1ccccc1N1CCN(C(=O)C2(Oc3ccc(OC(F)(F)F)cc3)CCCN(C(=O)c3cnccc3C(F)(F)F)C2)CC1. The zero-order chi connectivity index (χ0) is 33.1. The second kappa shape index (κ2) is 13.0. The van der Waals surface area contributed by atoms with Crippen LogP contribution in [0.1, 0.15) is 28.8 Å². The van der Waals surface area contributed by atoms with Gasteiger partial charge < -0.3 is 28.9 Å². The maximum atomic E-state index is 14.3. The number of ether oxygens (including phenoxy) is 3. The number of rotatable bonds is 7. The van der Waals surface area contributed by atoms with Crippen LogP contribution in [0.4, 0.5) is 32.0 Å². The van der Waals surface area contributed by atoms with Gasteiger partial charge in [-0.25, -0.2) is 0 Å². The monoisotopic (exact) mass is 652 g/mol. The Kier molecular flexibility index (Phi) is 9.22. The van der Waals surface area contributed by atoms with Gasteiger partial charge in [-0.05, 0) is 55.3 Å². The fraction of sp³-hybridized carbons (Fsp3) is 0.387. The van der Waals surface area contributed by atoms with E-state index in [2.05, 4.69) is 9.72 Å². The molecule has 2 aliphatic rings. The minimum absolute atomic E-state index is 0.0159. The smallest absolute Gasteiger partial charge is 0.495 e. The van der Waals surface area contributed by atoms with Crippen molar-refractivity contribution in [2.45, 2.75) is 31.0 Å². The van der Waals surface area contributed by atoms with Crippen LogP contribution in [0.2, 0.25) is 0 Å². The number of halogens is 6. The van der Waals surface area contributed by atoms with Crippen LogP contribution in [0.15, 0.2) is 67.0 Å². The number of aromatic nitrogens is 1. The van der Waals surface area contributed by atoms with Crippen molar-refractivity contribution < 1.29 is 50.1 Å². The molecular formula is C31H30F6N4O5. The summed E-state index contributed by atoms with van der Waals surface area (Å²) >= 11 is 0. The minimum Gasteiger partial charge on any atom is -0.495 e. The molecule has 3 heterocycles. The molecule has 0 spiro atoms. The predicted octanol–water partition coefficient (Wildman–Crippen LogP) is 5.41. The number of piperidine rings is 1. The minimum atomic E-state index is -4.92. The fourth-order valence-electron chi connectivity index (χ4n) is 5.74. The summed E-state index contributed by atoms with van der Waals surface area (Å²) in [5.41, 5.74) is -2.73. The summed E-state index contributed by atoms with van der Waals surface area (Å²) in [7, 11) is 1.56. The zero-order valence-corrected chi connectivity index (χ0v) is 24.6. The number of alkyl halides is 6. The van der Waals surface area contributed by atoms with E-state index < -0.39 is 53.4 Å². The number of anilines is 1. The highest BCUT2D eigenvalue weighted by Crippen LogP contribution is 2.36. The van der Waals surface area contributed by atoms with E-state index in [4.69, 9.17) is 9.47 Å². The molecule has 15 heteroatoms. The van der Waals surface area contributed by atoms with Crippen molar-refractivity contribution in [2.24, 2.45) is 0 Å². The molecule has 1 unspecified atom stereocenters. The number of nitrogens with zero attached hydrogens (tertiary/aromatic N) is 4. The lowest BCUT2D eigenvalue weighted by atomic mass is 9.89. The van der Waals surface area contributed by atoms with Crippen molar-refractivity contribution in [3.8, 4) is 17.2 Å². The molecule has 0 radical (unpaired) electrons. The molecule has 3 aromatic rings. The molecule has 2 saturated heterocycles. The topological polar surface area (TPSA) is 84.4 Å². The molecule has 0 bridgehead atoms. The highest BCUT2D eigenvalue weighted by atomic mass is 19.4. The Hall–Kier alpha value is -4.69. The summed E-state index contributed by atoms with van der Waals surface area (Å²) in [6.45, 7) is 1.02. The standard InChI is InChI=1S/C31H30F6N4O5/c1-44-26-6-3-2-5-25(26)39-15-17-40(18-16-39)28(43)29(45-21-7-9-22(10-8-21)46-31(35,36)37)12-4-14-41(20-29)27(42)23-19-38-13-11-24(23)30(32,33)34/h2-3,5-11,13,19H,4,12,14-18,20H2,1H3. The second-order valence-corrected chi connectivity index (χ2v) is 10.8. The van der Waals surface area contributed by atoms with Crippen LogP contribution in [0, 0.1) is 0 Å². The van der Waals surface area contributed by atoms with Gasteiger partial charge in [0.05, 0.1) is 30.5 Å². The Balaban J connectivity index is 1.42. The van der Waals surface area contributed by atoms with Crippen LogP contribution < -0.4 is 19.1 Å². The Morgan fingerprint density at radius 3 is 2.17 bits per heavy atom. The zero-order valence-electron chi connectivity index (χ0n) is 24.6. The van der Waals surface area contributed by atoms with E-state index >= 15 is 0 Å². The molecule has 46 heavy (non-hydrogen) atoms. The second-order valence-electron chi connectivity index (χ2n) is 10.8. The van der Waals surface area contributed by atoms with Crippen molar-refractivity contribution in [3.05, 3.63) is 78.1 Å². The van der Waals surface area contributed by atoms with Crippen LogP contribution in [0.25, 0.3) is 0 Å². The lowest BCUT2D eigenvalue weighted by Crippen LogP contribution is -2.64. The van der Waals surface area contributed by atoms with Gasteiger partial charge in [-0.1, -0.05) is 12.1 Å². The summed E-state index contributed by atoms with van der Waals surface area (Å²) in [5.74, 6) is -1.31. The van der Waals surface area contributed by atoms with Gasteiger partial charge in [-0.15, -0.1) is 13.2 Å². The van der Waals surface area contributed by atoms with Gasteiger partial charge in [0.2, 0.25) is 5.60 Å². The average molecular weight is 653 g/mol. The number of benzene rings is 2. The Morgan fingerprint density at radius 1 is 0.848 bits per heavy atom. The normalized spacial score (nSPS) is 19.1. The van der Waals surface area contributed by atoms with Crippen molar-refractivity contribution in [1.82, 2.24) is 14.8 Å². The highest BCUT2D eigenvalue weighted by molar-refractivity contribution is 5.96. The molecule has 2 aliphatic heterocycles. The summed E-state index contributed by atoms with van der Waals surface area (Å²) in [5, 5.41) is 0. The molecule has 0 saturated carbocycles. The van der Waals surface area contributed by atoms with Crippen molar-refractivity contribution in [2.75, 3.05) is 51.3 Å². The van der Waals surface area contributed by atoms with Gasteiger partial charge in [-0.2, -0.15) is 13.2 Å². The Morgan fingerprint density at radius 2 is 1.52 bits per heavy atom. The van der Waals surface area contributed by atoms with Crippen LogP contribution in [-0.2, 0) is 11.0 Å². The van der Waals surface area contributed by atoms with E-state index in [0.717, 1.165) is 35.1 Å². The quantitative estimate of drug-likeness (QED) is 0.316. The number of hydrogen-bond acceptors (Lipinski definition) is 7. The summed E-state index contributed by atoms with van der Waals surface area (Å²) in [6, 6.07) is 12.5. The largest absolute Gasteiger partial charge is 0.573 e. The lowest BCUT2D eigenvalue weighted by molar-refractivity contribution is -0.274. The number of carbonyl (C=O) groups is 2. The van der Waals surface area contributed by atoms with Gasteiger partial charge in [0.15, 0.2) is 0 Å². The molecule has 0 aliphatic carbocycles. The van der Waals surface area contributed by atoms with Gasteiger partial charge in [-0.3, -0.25) is 14.6 Å². The third-order valence-electron chi connectivity index (χ3n) is 7.85. The van der Waals surface area contributed by atoms with Crippen LogP contribution in [0.3, 0.4) is 0 Å². The molecule has 1 aromatic heterocycles. The van der Waals surface area contributed by atoms with E-state index in [-0.39, 0.29) is 38.2 Å². The molecule has 2 aromatic carbocycles. The van der Waals surface area contributed by atoms with Crippen LogP contribution in [-0.4, -0.2) is 84.9 Å². The number of pyridine rings is 1. The van der Waals surface area contributed by atoms with Crippen molar-refractivity contribution >= 4 is 17.5 Å². The van der Waals surface area contributed by atoms with Crippen LogP contribution >= 0.6 is 0 Å². The first kappa shape index (κ1) is 32.7. The number of hydrogen-bond donors (Lipinski definition) is 0. The van der Waals surface area contributed by atoms with Gasteiger partial charge in [0, 0.05) is 45.1 Å². The Bertz CT molecular complexity index is 1540. The van der Waals surface area contributed by atoms with Gasteiger partial charge in [0.25, 0.3) is 11.8 Å². The maximum absolute atomic E-state index is 14.3. The first-order chi connectivity index (χ1) is 21.8. The molecule has 5 rings (SSSR count). The van der Waals surface area contributed by atoms with Crippen LogP contribution in [0.5, 0.6) is 17.2 Å². The fourth-order valence-corrected chi connectivity index (χ4v) is 5.74. The van der Waals surface area contributed by atoms with E-state index in [0.29, 0.717) is 24.9 Å². The van der Waals surface area contributed by atoms with Gasteiger partial charge >= 0.3 is 12.5 Å². The molecule has 246 valence electrons. The average Bonchev–Trinajstić information content (AvgIpc) is 3.04. The molecule has 0 N–H and O–H groups in total. The predicted molar refractivity (Wildman–Crippen MR) is 153 cm³/mol. The molecule has 2 amide bonds. The lowest BCUT2D eigenvalue weighted by Gasteiger charge is -2.45. The summed E-state index contributed by atoms with van der Waals surface area (Å²) in [4.78, 5) is 36.2. The Labute approximate surface area is 260 Å². The number of methoxy groups -OCH3 is 1. The van der Waals surface area contributed by atoms with E-state index in [1.165, 1.54) is 12.1 Å². The van der Waals surface area contributed by atoms with E-state index in [1.807, 2.05) is 29.2 Å². The third-order valence-corrected chi connectivity index (χ3v) is 7.85. The maximum Gasteiger partial charge on any atom is 0.573 e. The van der Waals surface area contributed by atoms with Gasteiger partial charge in [0.1, 0.15) is 17.2 Å². The third kappa shape index (κ3) is 7.23. The van der Waals surface area contributed by atoms with Crippen molar-refractivity contribution in [3.63, 3.8) is 0 Å². The first-order valence-corrected chi connectivity index (χ1v) is 14.3. The summed E-state index contributed by atoms with van der Waals surface area (Å²) < 4.78 is 94.9. The number of carbonyl (C=O) groups excluding carboxylic acids is 2. The van der Waals surface area contributed by atoms with E-state index in [1.54, 1.807) is 12.0 Å². The molecule has 1 atom stereocenters. The number of likely N-dealkylation sites (tertiary alicyclic amines) is 1. The first-order valence-electron chi connectivity index (χ1n) is 14.3. The molecule has 9 nitrogen and oxygen atoms in total. The number of piperazine rings is 1. The summed E-state index contributed by atoms with van der Waals surface area (Å²) in [6.07, 6.45) is -7.67. The molecule has 2 fully saturated rings. The number of para-hydroxylation sites is 2.